The van der Waals surface area contributed by atoms with Crippen molar-refractivity contribution in [2.24, 2.45) is 5.92 Å². The van der Waals surface area contributed by atoms with Gasteiger partial charge in [0.2, 0.25) is 5.91 Å². The van der Waals surface area contributed by atoms with Gasteiger partial charge in [-0.3, -0.25) is 14.5 Å². The van der Waals surface area contributed by atoms with Crippen molar-refractivity contribution in [2.75, 3.05) is 20.1 Å². The number of hydrogen-bond acceptors (Lipinski definition) is 4. The highest BCUT2D eigenvalue weighted by Crippen LogP contribution is 2.43. The standard InChI is InChI=1S/C22H26N2O4/c1-15-7-8-19(28-15)17-6-4-3-5-16(17)14-24-11-9-22(10-12-24)18(21(26)27)13-20(25)23(22)2/h3-8,18H,9-14H2,1-2H3,(H,26,27). The topological polar surface area (TPSA) is 74.0 Å². The Hall–Kier alpha value is -2.60. The van der Waals surface area contributed by atoms with Gasteiger partial charge in [0.1, 0.15) is 11.5 Å². The molecule has 4 rings (SSSR count). The molecular weight excluding hydrogens is 356 g/mol. The van der Waals surface area contributed by atoms with Gasteiger partial charge in [0.25, 0.3) is 0 Å². The number of furan rings is 1. The van der Waals surface area contributed by atoms with Crippen molar-refractivity contribution in [3.63, 3.8) is 0 Å². The van der Waals surface area contributed by atoms with E-state index in [1.807, 2.05) is 31.2 Å². The lowest BCUT2D eigenvalue weighted by atomic mass is 9.77. The van der Waals surface area contributed by atoms with Gasteiger partial charge >= 0.3 is 5.97 Å². The molecule has 0 bridgehead atoms. The Morgan fingerprint density at radius 3 is 2.57 bits per heavy atom. The van der Waals surface area contributed by atoms with Crippen LogP contribution in [0.3, 0.4) is 0 Å². The maximum atomic E-state index is 12.2. The lowest BCUT2D eigenvalue weighted by Crippen LogP contribution is -2.55. The largest absolute Gasteiger partial charge is 0.481 e. The summed E-state index contributed by atoms with van der Waals surface area (Å²) in [6.45, 7) is 4.26. The SMILES string of the molecule is Cc1ccc(-c2ccccc2CN2CCC3(CC2)C(C(=O)O)CC(=O)N3C)o1. The number of carboxylic acid groups (broad SMARTS) is 1. The maximum absolute atomic E-state index is 12.2. The van der Waals surface area contributed by atoms with Crippen LogP contribution in [0.25, 0.3) is 11.3 Å². The first-order valence-corrected chi connectivity index (χ1v) is 9.77. The summed E-state index contributed by atoms with van der Waals surface area (Å²) in [5, 5.41) is 9.63. The van der Waals surface area contributed by atoms with E-state index >= 15 is 0 Å². The Morgan fingerprint density at radius 2 is 1.93 bits per heavy atom. The summed E-state index contributed by atoms with van der Waals surface area (Å²) in [5.41, 5.74) is 1.74. The predicted molar refractivity (Wildman–Crippen MR) is 105 cm³/mol. The van der Waals surface area contributed by atoms with Gasteiger partial charge in [-0.05, 0) is 37.5 Å². The molecule has 1 N–H and O–H groups in total. The van der Waals surface area contributed by atoms with Gasteiger partial charge in [-0.15, -0.1) is 0 Å². The van der Waals surface area contributed by atoms with Crippen LogP contribution in [0.4, 0.5) is 0 Å². The lowest BCUT2D eigenvalue weighted by Gasteiger charge is -2.45. The van der Waals surface area contributed by atoms with Crippen molar-refractivity contribution in [3.05, 3.63) is 47.7 Å². The minimum absolute atomic E-state index is 0.0561. The first kappa shape index (κ1) is 18.7. The van der Waals surface area contributed by atoms with Crippen molar-refractivity contribution in [3.8, 4) is 11.3 Å². The summed E-state index contributed by atoms with van der Waals surface area (Å²) in [5.74, 6) is 0.238. The number of likely N-dealkylation sites (tertiary alicyclic amines) is 2. The van der Waals surface area contributed by atoms with Crippen molar-refractivity contribution < 1.29 is 19.1 Å². The van der Waals surface area contributed by atoms with Gasteiger partial charge in [0.05, 0.1) is 11.5 Å². The van der Waals surface area contributed by atoms with Crippen LogP contribution in [-0.2, 0) is 16.1 Å². The number of amides is 1. The third kappa shape index (κ3) is 3.11. The van der Waals surface area contributed by atoms with Crippen LogP contribution in [0, 0.1) is 12.8 Å². The van der Waals surface area contributed by atoms with Crippen molar-refractivity contribution >= 4 is 11.9 Å². The van der Waals surface area contributed by atoms with Gasteiger partial charge in [-0.1, -0.05) is 24.3 Å². The molecule has 1 spiro atoms. The maximum Gasteiger partial charge on any atom is 0.309 e. The van der Waals surface area contributed by atoms with Crippen LogP contribution < -0.4 is 0 Å². The number of nitrogens with zero attached hydrogens (tertiary/aromatic N) is 2. The van der Waals surface area contributed by atoms with Crippen LogP contribution in [0.15, 0.2) is 40.8 Å². The van der Waals surface area contributed by atoms with E-state index in [-0.39, 0.29) is 12.3 Å². The normalized spacial score (nSPS) is 22.1. The summed E-state index contributed by atoms with van der Waals surface area (Å²) in [6, 6.07) is 12.2. The number of carbonyl (C=O) groups is 2. The van der Waals surface area contributed by atoms with Gasteiger partial charge in [0, 0.05) is 38.7 Å². The number of hydrogen-bond donors (Lipinski definition) is 1. The Kier molecular flexibility index (Phi) is 4.75. The lowest BCUT2D eigenvalue weighted by molar-refractivity contribution is -0.146. The van der Waals surface area contributed by atoms with E-state index in [1.54, 1.807) is 11.9 Å². The highest BCUT2D eigenvalue weighted by molar-refractivity contribution is 5.88. The molecule has 1 aromatic heterocycles. The van der Waals surface area contributed by atoms with E-state index < -0.39 is 17.4 Å². The highest BCUT2D eigenvalue weighted by Gasteiger charge is 2.55. The molecule has 28 heavy (non-hydrogen) atoms. The third-order valence-corrected chi connectivity index (χ3v) is 6.51. The molecule has 3 heterocycles. The number of rotatable bonds is 4. The Bertz CT molecular complexity index is 895. The molecule has 0 saturated carbocycles. The summed E-state index contributed by atoms with van der Waals surface area (Å²) < 4.78 is 5.81. The fourth-order valence-electron chi connectivity index (χ4n) is 4.80. The van der Waals surface area contributed by atoms with Crippen LogP contribution in [0.1, 0.15) is 30.6 Å². The average molecular weight is 382 g/mol. The molecule has 2 aromatic rings. The molecule has 1 amide bonds. The zero-order valence-electron chi connectivity index (χ0n) is 16.4. The van der Waals surface area contributed by atoms with E-state index in [2.05, 4.69) is 17.0 Å². The van der Waals surface area contributed by atoms with E-state index in [0.29, 0.717) is 12.8 Å². The first-order chi connectivity index (χ1) is 13.4. The van der Waals surface area contributed by atoms with Gasteiger partial charge in [-0.2, -0.15) is 0 Å². The molecule has 2 aliphatic rings. The molecule has 2 saturated heterocycles. The fourth-order valence-corrected chi connectivity index (χ4v) is 4.80. The van der Waals surface area contributed by atoms with Crippen molar-refractivity contribution in [1.82, 2.24) is 9.80 Å². The molecule has 6 heteroatoms. The minimum Gasteiger partial charge on any atom is -0.481 e. The van der Waals surface area contributed by atoms with E-state index in [9.17, 15) is 14.7 Å². The monoisotopic (exact) mass is 382 g/mol. The summed E-state index contributed by atoms with van der Waals surface area (Å²) in [7, 11) is 1.76. The zero-order valence-corrected chi connectivity index (χ0v) is 16.4. The number of carbonyl (C=O) groups excluding carboxylic acids is 1. The van der Waals surface area contributed by atoms with E-state index in [1.165, 1.54) is 5.56 Å². The number of aliphatic carboxylic acids is 1. The smallest absolute Gasteiger partial charge is 0.309 e. The van der Waals surface area contributed by atoms with Crippen LogP contribution in [0.2, 0.25) is 0 Å². The average Bonchev–Trinajstić information content (AvgIpc) is 3.21. The molecule has 1 unspecified atom stereocenters. The fraction of sp³-hybridized carbons (Fsp3) is 0.455. The summed E-state index contributed by atoms with van der Waals surface area (Å²) in [6.07, 6.45) is 1.50. The third-order valence-electron chi connectivity index (χ3n) is 6.51. The molecule has 2 fully saturated rings. The Labute approximate surface area is 164 Å². The molecule has 148 valence electrons. The molecule has 0 aliphatic carbocycles. The Balaban J connectivity index is 1.50. The van der Waals surface area contributed by atoms with Crippen LogP contribution >= 0.6 is 0 Å². The van der Waals surface area contributed by atoms with Crippen molar-refractivity contribution in [1.29, 1.82) is 0 Å². The van der Waals surface area contributed by atoms with E-state index in [4.69, 9.17) is 4.42 Å². The van der Waals surface area contributed by atoms with Gasteiger partial charge < -0.3 is 14.4 Å². The first-order valence-electron chi connectivity index (χ1n) is 9.77. The van der Waals surface area contributed by atoms with Gasteiger partial charge in [0.15, 0.2) is 0 Å². The molecule has 1 atom stereocenters. The second kappa shape index (κ2) is 7.09. The number of aryl methyl sites for hydroxylation is 1. The summed E-state index contributed by atoms with van der Waals surface area (Å²) >= 11 is 0. The zero-order chi connectivity index (χ0) is 19.9. The van der Waals surface area contributed by atoms with Crippen LogP contribution in [-0.4, -0.2) is 52.5 Å². The number of piperidine rings is 1. The quantitative estimate of drug-likeness (QED) is 0.879. The number of carboxylic acids is 1. The summed E-state index contributed by atoms with van der Waals surface area (Å²) in [4.78, 5) is 28.0. The molecular formula is C22H26N2O4. The second-order valence-electron chi connectivity index (χ2n) is 7.99. The highest BCUT2D eigenvalue weighted by atomic mass is 16.4. The Morgan fingerprint density at radius 1 is 1.21 bits per heavy atom. The minimum atomic E-state index is -0.857. The molecule has 2 aliphatic heterocycles. The van der Waals surface area contributed by atoms with E-state index in [0.717, 1.165) is 36.7 Å². The van der Waals surface area contributed by atoms with Crippen molar-refractivity contribution in [2.45, 2.75) is 38.3 Å². The van der Waals surface area contributed by atoms with Crippen LogP contribution in [0.5, 0.6) is 0 Å². The molecule has 6 nitrogen and oxygen atoms in total. The predicted octanol–water partition coefficient (Wildman–Crippen LogP) is 3.15. The number of benzene rings is 1. The molecule has 0 radical (unpaired) electrons. The van der Waals surface area contributed by atoms with Gasteiger partial charge in [-0.25, -0.2) is 0 Å². The second-order valence-corrected chi connectivity index (χ2v) is 7.99. The molecule has 1 aromatic carbocycles.